The highest BCUT2D eigenvalue weighted by atomic mass is 79.9. The van der Waals surface area contributed by atoms with E-state index in [9.17, 15) is 8.42 Å². The van der Waals surface area contributed by atoms with Crippen molar-refractivity contribution in [2.24, 2.45) is 0 Å². The first-order valence-electron chi connectivity index (χ1n) is 9.04. The van der Waals surface area contributed by atoms with Gasteiger partial charge in [-0.25, -0.2) is 8.42 Å². The van der Waals surface area contributed by atoms with E-state index in [0.29, 0.717) is 41.8 Å². The van der Waals surface area contributed by atoms with Gasteiger partial charge < -0.3 is 4.90 Å². The van der Waals surface area contributed by atoms with Crippen LogP contribution in [0.15, 0.2) is 70.0 Å². The molecule has 150 valence electrons. The largest absolute Gasteiger partial charge is 0.352 e. The van der Waals surface area contributed by atoms with Gasteiger partial charge in [0.1, 0.15) is 0 Å². The first kappa shape index (κ1) is 20.3. The zero-order chi connectivity index (χ0) is 20.4. The molecule has 0 unspecified atom stereocenters. The number of anilines is 1. The SMILES string of the molecule is O=S(=O)(c1ccc(Br)cc1)N1CCN(c2ccc(-c3ccccc3Cl)nn2)CC1. The van der Waals surface area contributed by atoms with Crippen molar-refractivity contribution in [1.82, 2.24) is 14.5 Å². The zero-order valence-electron chi connectivity index (χ0n) is 15.4. The molecule has 0 saturated carbocycles. The molecule has 9 heteroatoms. The van der Waals surface area contributed by atoms with E-state index in [4.69, 9.17) is 11.6 Å². The molecule has 3 aromatic rings. The quantitative estimate of drug-likeness (QED) is 0.548. The molecule has 1 saturated heterocycles. The molecule has 2 aromatic carbocycles. The molecule has 0 N–H and O–H groups in total. The Balaban J connectivity index is 1.44. The molecule has 0 radical (unpaired) electrons. The maximum absolute atomic E-state index is 12.8. The third kappa shape index (κ3) is 4.30. The van der Waals surface area contributed by atoms with Crippen LogP contribution in [0.4, 0.5) is 5.82 Å². The Kier molecular flexibility index (Phi) is 5.87. The van der Waals surface area contributed by atoms with Gasteiger partial charge in [0.05, 0.1) is 15.6 Å². The van der Waals surface area contributed by atoms with Crippen molar-refractivity contribution < 1.29 is 8.42 Å². The molecule has 0 atom stereocenters. The summed E-state index contributed by atoms with van der Waals surface area (Å²) in [7, 11) is -3.50. The van der Waals surface area contributed by atoms with E-state index in [-0.39, 0.29) is 0 Å². The number of aromatic nitrogens is 2. The number of halogens is 2. The first-order chi connectivity index (χ1) is 13.9. The molecule has 1 fully saturated rings. The number of rotatable bonds is 4. The van der Waals surface area contributed by atoms with Crippen LogP contribution in [0.1, 0.15) is 0 Å². The van der Waals surface area contributed by atoms with E-state index in [2.05, 4.69) is 26.1 Å². The predicted molar refractivity (Wildman–Crippen MR) is 118 cm³/mol. The highest BCUT2D eigenvalue weighted by molar-refractivity contribution is 9.10. The lowest BCUT2D eigenvalue weighted by Gasteiger charge is -2.34. The van der Waals surface area contributed by atoms with Gasteiger partial charge in [-0.05, 0) is 42.5 Å². The Morgan fingerprint density at radius 3 is 2.17 bits per heavy atom. The lowest BCUT2D eigenvalue weighted by Crippen LogP contribution is -2.48. The van der Waals surface area contributed by atoms with E-state index >= 15 is 0 Å². The fourth-order valence-electron chi connectivity index (χ4n) is 3.22. The number of hydrogen-bond donors (Lipinski definition) is 0. The number of sulfonamides is 1. The molecule has 1 aromatic heterocycles. The van der Waals surface area contributed by atoms with Crippen molar-refractivity contribution in [3.8, 4) is 11.3 Å². The topological polar surface area (TPSA) is 66.4 Å². The fourth-order valence-corrected chi connectivity index (χ4v) is 5.14. The van der Waals surface area contributed by atoms with Gasteiger partial charge in [-0.15, -0.1) is 10.2 Å². The summed E-state index contributed by atoms with van der Waals surface area (Å²) in [6.45, 7) is 1.89. The van der Waals surface area contributed by atoms with E-state index in [1.54, 1.807) is 24.3 Å². The lowest BCUT2D eigenvalue weighted by molar-refractivity contribution is 0.383. The van der Waals surface area contributed by atoms with Gasteiger partial charge in [0.25, 0.3) is 0 Å². The molecule has 0 bridgehead atoms. The van der Waals surface area contributed by atoms with Crippen LogP contribution in [0.3, 0.4) is 0 Å². The second-order valence-electron chi connectivity index (χ2n) is 6.60. The van der Waals surface area contributed by atoms with Gasteiger partial charge in [-0.1, -0.05) is 45.7 Å². The van der Waals surface area contributed by atoms with Crippen LogP contribution in [-0.4, -0.2) is 49.1 Å². The van der Waals surface area contributed by atoms with Crippen molar-refractivity contribution in [3.63, 3.8) is 0 Å². The average Bonchev–Trinajstić information content (AvgIpc) is 2.75. The van der Waals surface area contributed by atoms with Crippen LogP contribution in [0.2, 0.25) is 5.02 Å². The minimum absolute atomic E-state index is 0.304. The van der Waals surface area contributed by atoms with Crippen LogP contribution in [-0.2, 0) is 10.0 Å². The van der Waals surface area contributed by atoms with Crippen molar-refractivity contribution in [2.75, 3.05) is 31.1 Å². The maximum atomic E-state index is 12.8. The van der Waals surface area contributed by atoms with Crippen molar-refractivity contribution in [1.29, 1.82) is 0 Å². The summed E-state index contributed by atoms with van der Waals surface area (Å²) in [5, 5.41) is 9.24. The molecule has 6 nitrogen and oxygen atoms in total. The second kappa shape index (κ2) is 8.39. The lowest BCUT2D eigenvalue weighted by atomic mass is 10.1. The third-order valence-corrected chi connectivity index (χ3v) is 7.59. The number of nitrogens with zero attached hydrogens (tertiary/aromatic N) is 4. The van der Waals surface area contributed by atoms with Crippen molar-refractivity contribution >= 4 is 43.4 Å². The molecule has 1 aliphatic heterocycles. The minimum atomic E-state index is -3.50. The molecule has 4 rings (SSSR count). The summed E-state index contributed by atoms with van der Waals surface area (Å²) in [6, 6.07) is 18.0. The second-order valence-corrected chi connectivity index (χ2v) is 9.86. The normalized spacial score (nSPS) is 15.4. The highest BCUT2D eigenvalue weighted by Crippen LogP contribution is 2.27. The van der Waals surface area contributed by atoms with Crippen molar-refractivity contribution in [2.45, 2.75) is 4.90 Å². The van der Waals surface area contributed by atoms with Gasteiger partial charge in [-0.3, -0.25) is 0 Å². The van der Waals surface area contributed by atoms with E-state index in [1.807, 2.05) is 41.3 Å². The highest BCUT2D eigenvalue weighted by Gasteiger charge is 2.29. The number of benzene rings is 2. The summed E-state index contributed by atoms with van der Waals surface area (Å²) in [5.41, 5.74) is 1.54. The Morgan fingerprint density at radius 1 is 0.862 bits per heavy atom. The van der Waals surface area contributed by atoms with Gasteiger partial charge >= 0.3 is 0 Å². The summed E-state index contributed by atoms with van der Waals surface area (Å²) < 4.78 is 28.0. The van der Waals surface area contributed by atoms with Gasteiger partial charge in [0, 0.05) is 36.2 Å². The van der Waals surface area contributed by atoms with Crippen LogP contribution in [0.25, 0.3) is 11.3 Å². The van der Waals surface area contributed by atoms with Crippen LogP contribution < -0.4 is 4.90 Å². The van der Waals surface area contributed by atoms with Gasteiger partial charge in [0.2, 0.25) is 10.0 Å². The average molecular weight is 494 g/mol. The molecule has 1 aliphatic rings. The van der Waals surface area contributed by atoms with Crippen LogP contribution in [0.5, 0.6) is 0 Å². The Bertz CT molecular complexity index is 1100. The van der Waals surface area contributed by atoms with E-state index in [0.717, 1.165) is 15.9 Å². The monoisotopic (exact) mass is 492 g/mol. The fraction of sp³-hybridized carbons (Fsp3) is 0.200. The molecule has 2 heterocycles. The zero-order valence-corrected chi connectivity index (χ0v) is 18.5. The number of hydrogen-bond acceptors (Lipinski definition) is 5. The van der Waals surface area contributed by atoms with Crippen molar-refractivity contribution in [3.05, 3.63) is 70.2 Å². The third-order valence-electron chi connectivity index (χ3n) is 4.81. The molecular weight excluding hydrogens is 476 g/mol. The summed E-state index contributed by atoms with van der Waals surface area (Å²) in [5.74, 6) is 0.724. The molecule has 29 heavy (non-hydrogen) atoms. The van der Waals surface area contributed by atoms with Crippen LogP contribution in [0, 0.1) is 0 Å². The maximum Gasteiger partial charge on any atom is 0.243 e. The van der Waals surface area contributed by atoms with Crippen LogP contribution >= 0.6 is 27.5 Å². The summed E-state index contributed by atoms with van der Waals surface area (Å²) in [6.07, 6.45) is 0. The Hall–Kier alpha value is -2.00. The minimum Gasteiger partial charge on any atom is -0.352 e. The van der Waals surface area contributed by atoms with Gasteiger partial charge in [-0.2, -0.15) is 4.31 Å². The first-order valence-corrected chi connectivity index (χ1v) is 11.7. The van der Waals surface area contributed by atoms with E-state index < -0.39 is 10.0 Å². The van der Waals surface area contributed by atoms with Gasteiger partial charge in [0.15, 0.2) is 5.82 Å². The summed E-state index contributed by atoms with van der Waals surface area (Å²) >= 11 is 9.55. The standard InChI is InChI=1S/C20H18BrClN4O2S/c21-15-5-7-16(8-6-15)29(27,28)26-13-11-25(12-14-26)20-10-9-19(23-24-20)17-3-1-2-4-18(17)22/h1-10H,11-14H2. The van der Waals surface area contributed by atoms with E-state index in [1.165, 1.54) is 4.31 Å². The Morgan fingerprint density at radius 2 is 1.55 bits per heavy atom. The summed E-state index contributed by atoms with van der Waals surface area (Å²) in [4.78, 5) is 2.34. The molecule has 0 amide bonds. The molecule has 0 spiro atoms. The molecule has 0 aliphatic carbocycles. The smallest absolute Gasteiger partial charge is 0.243 e. The molecular formula is C20H18BrClN4O2S. The number of piperazine rings is 1. The Labute approximate surface area is 183 Å². The predicted octanol–water partition coefficient (Wildman–Crippen LogP) is 4.07.